The molecule has 19 heavy (non-hydrogen) atoms. The summed E-state index contributed by atoms with van der Waals surface area (Å²) in [5.41, 5.74) is 0.912. The number of aromatic hydroxyl groups is 1. The minimum atomic E-state index is 0.258. The average molecular weight is 259 g/mol. The van der Waals surface area contributed by atoms with Gasteiger partial charge < -0.3 is 9.84 Å². The zero-order valence-corrected chi connectivity index (χ0v) is 10.9. The van der Waals surface area contributed by atoms with Gasteiger partial charge in [0.15, 0.2) is 0 Å². The van der Waals surface area contributed by atoms with Crippen molar-refractivity contribution in [2.75, 3.05) is 26.7 Å². The number of aromatic nitrogens is 2. The third-order valence-corrected chi connectivity index (χ3v) is 3.45. The molecule has 0 unspecified atom stereocenters. The van der Waals surface area contributed by atoms with Crippen LogP contribution in [-0.2, 0) is 4.74 Å². The van der Waals surface area contributed by atoms with Crippen LogP contribution in [0.15, 0.2) is 30.5 Å². The van der Waals surface area contributed by atoms with Crippen molar-refractivity contribution in [3.8, 4) is 5.75 Å². The molecule has 1 aliphatic rings. The molecule has 0 spiro atoms. The van der Waals surface area contributed by atoms with Crippen LogP contribution in [0, 0.1) is 0 Å². The number of hydrogen-bond acceptors (Lipinski definition) is 4. The van der Waals surface area contributed by atoms with Crippen LogP contribution in [0.2, 0.25) is 0 Å². The lowest BCUT2D eigenvalue weighted by atomic mass is 10.2. The molecule has 1 saturated heterocycles. The quantitative estimate of drug-likeness (QED) is 0.905. The Kier molecular flexibility index (Phi) is 3.23. The van der Waals surface area contributed by atoms with Crippen LogP contribution in [0.5, 0.6) is 5.75 Å². The summed E-state index contributed by atoms with van der Waals surface area (Å²) in [6.45, 7) is 2.86. The van der Waals surface area contributed by atoms with Gasteiger partial charge in [0.05, 0.1) is 17.8 Å². The fourth-order valence-electron chi connectivity index (χ4n) is 2.26. The molecule has 0 saturated carbocycles. The van der Waals surface area contributed by atoms with E-state index in [4.69, 9.17) is 4.74 Å². The van der Waals surface area contributed by atoms with Crippen LogP contribution >= 0.6 is 0 Å². The summed E-state index contributed by atoms with van der Waals surface area (Å²) >= 11 is 0. The molecule has 1 aromatic carbocycles. The Morgan fingerprint density at radius 2 is 2.32 bits per heavy atom. The van der Waals surface area contributed by atoms with Gasteiger partial charge in [-0.25, -0.2) is 4.68 Å². The maximum absolute atomic E-state index is 9.50. The van der Waals surface area contributed by atoms with E-state index in [9.17, 15) is 5.11 Å². The first-order valence-electron chi connectivity index (χ1n) is 6.34. The van der Waals surface area contributed by atoms with Crippen molar-refractivity contribution in [3.63, 3.8) is 0 Å². The Morgan fingerprint density at radius 1 is 1.47 bits per heavy atom. The highest BCUT2D eigenvalue weighted by Crippen LogP contribution is 2.19. The van der Waals surface area contributed by atoms with Gasteiger partial charge in [-0.15, -0.1) is 0 Å². The van der Waals surface area contributed by atoms with Gasteiger partial charge in [0, 0.05) is 44.4 Å². The lowest BCUT2D eigenvalue weighted by Gasteiger charge is -2.37. The second-order valence-electron chi connectivity index (χ2n) is 4.79. The predicted molar refractivity (Wildman–Crippen MR) is 74.0 cm³/mol. The number of ether oxygens (including phenoxy) is 1. The third-order valence-electron chi connectivity index (χ3n) is 3.45. The van der Waals surface area contributed by atoms with E-state index < -0.39 is 0 Å². The highest BCUT2D eigenvalue weighted by atomic mass is 16.5. The summed E-state index contributed by atoms with van der Waals surface area (Å²) < 4.78 is 7.01. The Labute approximate surface area is 111 Å². The normalized spacial score (nSPS) is 17.3. The molecule has 0 bridgehead atoms. The lowest BCUT2D eigenvalue weighted by molar-refractivity contribution is -0.0232. The molecule has 0 aliphatic carbocycles. The van der Waals surface area contributed by atoms with Gasteiger partial charge in [0.2, 0.25) is 0 Å². The Balaban J connectivity index is 1.66. The van der Waals surface area contributed by atoms with Gasteiger partial charge in [-0.2, -0.15) is 5.10 Å². The first-order chi connectivity index (χ1) is 9.26. The van der Waals surface area contributed by atoms with Crippen molar-refractivity contribution in [3.05, 3.63) is 30.5 Å². The minimum absolute atomic E-state index is 0.258. The first-order valence-corrected chi connectivity index (χ1v) is 6.34. The summed E-state index contributed by atoms with van der Waals surface area (Å²) in [6.07, 6.45) is 6.18. The largest absolute Gasteiger partial charge is 0.508 e. The third kappa shape index (κ3) is 2.47. The SMILES string of the molecule is COC1CN(C/C=C/n2ncc3ccc(O)cc32)C1. The minimum Gasteiger partial charge on any atom is -0.508 e. The highest BCUT2D eigenvalue weighted by molar-refractivity contribution is 5.81. The molecular weight excluding hydrogens is 242 g/mol. The van der Waals surface area contributed by atoms with Crippen LogP contribution in [0.25, 0.3) is 17.1 Å². The van der Waals surface area contributed by atoms with Gasteiger partial charge in [-0.3, -0.25) is 4.90 Å². The molecule has 5 nitrogen and oxygen atoms in total. The van der Waals surface area contributed by atoms with E-state index in [2.05, 4.69) is 16.1 Å². The lowest BCUT2D eigenvalue weighted by Crippen LogP contribution is -2.51. The molecule has 2 aromatic rings. The number of phenols is 1. The van der Waals surface area contributed by atoms with Gasteiger partial charge >= 0.3 is 0 Å². The topological polar surface area (TPSA) is 50.5 Å². The van der Waals surface area contributed by atoms with E-state index >= 15 is 0 Å². The second-order valence-corrected chi connectivity index (χ2v) is 4.79. The number of fused-ring (bicyclic) bond motifs is 1. The average Bonchev–Trinajstić information content (AvgIpc) is 2.74. The molecule has 1 aliphatic heterocycles. The smallest absolute Gasteiger partial charge is 0.117 e. The molecule has 1 N–H and O–H groups in total. The number of phenolic OH excluding ortho intramolecular Hbond substituents is 1. The monoisotopic (exact) mass is 259 g/mol. The summed E-state index contributed by atoms with van der Waals surface area (Å²) in [5, 5.41) is 14.8. The van der Waals surface area contributed by atoms with Crippen LogP contribution in [0.1, 0.15) is 0 Å². The van der Waals surface area contributed by atoms with Crippen LogP contribution in [0.4, 0.5) is 0 Å². The number of methoxy groups -OCH3 is 1. The fourth-order valence-corrected chi connectivity index (χ4v) is 2.26. The van der Waals surface area contributed by atoms with E-state index in [1.165, 1.54) is 0 Å². The highest BCUT2D eigenvalue weighted by Gasteiger charge is 2.24. The summed E-state index contributed by atoms with van der Waals surface area (Å²) in [7, 11) is 1.75. The van der Waals surface area contributed by atoms with Gasteiger partial charge in [0.25, 0.3) is 0 Å². The van der Waals surface area contributed by atoms with Crippen molar-refractivity contribution in [2.45, 2.75) is 6.10 Å². The Hall–Kier alpha value is -1.85. The van der Waals surface area contributed by atoms with Crippen LogP contribution in [0.3, 0.4) is 0 Å². The van der Waals surface area contributed by atoms with Gasteiger partial charge in [-0.05, 0) is 12.1 Å². The summed E-state index contributed by atoms with van der Waals surface area (Å²) in [5.74, 6) is 0.258. The van der Waals surface area contributed by atoms with Crippen molar-refractivity contribution in [1.29, 1.82) is 0 Å². The van der Waals surface area contributed by atoms with Gasteiger partial charge in [0.1, 0.15) is 5.75 Å². The zero-order valence-electron chi connectivity index (χ0n) is 10.9. The number of hydrogen-bond donors (Lipinski definition) is 1. The molecule has 1 fully saturated rings. The molecule has 1 aromatic heterocycles. The number of rotatable bonds is 4. The van der Waals surface area contributed by atoms with E-state index in [1.54, 1.807) is 30.1 Å². The van der Waals surface area contributed by atoms with Crippen molar-refractivity contribution in [2.24, 2.45) is 0 Å². The molecule has 0 amide bonds. The zero-order chi connectivity index (χ0) is 13.2. The molecule has 5 heteroatoms. The van der Waals surface area contributed by atoms with Crippen molar-refractivity contribution >= 4 is 17.1 Å². The number of benzene rings is 1. The van der Waals surface area contributed by atoms with E-state index in [0.29, 0.717) is 6.10 Å². The molecule has 0 atom stereocenters. The van der Waals surface area contributed by atoms with Crippen LogP contribution in [-0.4, -0.2) is 52.6 Å². The Bertz CT molecular complexity index is 600. The molecule has 100 valence electrons. The van der Waals surface area contributed by atoms with Crippen LogP contribution < -0.4 is 0 Å². The first kappa shape index (κ1) is 12.2. The maximum Gasteiger partial charge on any atom is 0.117 e. The fraction of sp³-hybridized carbons (Fsp3) is 0.357. The standard InChI is InChI=1S/C14H17N3O2/c1-19-13-9-16(10-13)5-2-6-17-14-7-12(18)4-3-11(14)8-15-17/h2-4,6-8,13,18H,5,9-10H2,1H3/b6-2+. The van der Waals surface area contributed by atoms with Crippen molar-refractivity contribution in [1.82, 2.24) is 14.7 Å². The molecule has 2 heterocycles. The number of nitrogens with zero attached hydrogens (tertiary/aromatic N) is 3. The molecular formula is C14H17N3O2. The molecule has 3 rings (SSSR count). The van der Waals surface area contributed by atoms with E-state index in [-0.39, 0.29) is 5.75 Å². The van der Waals surface area contributed by atoms with Crippen molar-refractivity contribution < 1.29 is 9.84 Å². The van der Waals surface area contributed by atoms with E-state index in [0.717, 1.165) is 30.5 Å². The summed E-state index contributed by atoms with van der Waals surface area (Å²) in [4.78, 5) is 2.30. The van der Waals surface area contributed by atoms with Gasteiger partial charge in [-0.1, -0.05) is 6.08 Å². The Morgan fingerprint density at radius 3 is 3.11 bits per heavy atom. The predicted octanol–water partition coefficient (Wildman–Crippen LogP) is 1.54. The summed E-state index contributed by atoms with van der Waals surface area (Å²) in [6, 6.07) is 5.25. The number of likely N-dealkylation sites (tertiary alicyclic amines) is 1. The second kappa shape index (κ2) is 5.03. The molecule has 0 radical (unpaired) electrons. The van der Waals surface area contributed by atoms with E-state index in [1.807, 2.05) is 12.3 Å². The maximum atomic E-state index is 9.50.